The molecule has 0 unspecified atom stereocenters. The first-order chi connectivity index (χ1) is 15.7. The predicted octanol–water partition coefficient (Wildman–Crippen LogP) is 4.01. The highest BCUT2D eigenvalue weighted by Gasteiger charge is 2.18. The van der Waals surface area contributed by atoms with Crippen LogP contribution >= 0.6 is 11.3 Å². The van der Waals surface area contributed by atoms with Gasteiger partial charge in [0.15, 0.2) is 5.82 Å². The number of thiophene rings is 1. The van der Waals surface area contributed by atoms with Gasteiger partial charge in [0.2, 0.25) is 5.91 Å². The van der Waals surface area contributed by atoms with Gasteiger partial charge in [-0.3, -0.25) is 9.78 Å². The molecule has 1 aromatic carbocycles. The number of fused-ring (bicyclic) bond motifs is 1. The van der Waals surface area contributed by atoms with E-state index in [4.69, 9.17) is 14.7 Å². The number of pyridine rings is 1. The number of carbonyl (C=O) groups excluding carboxylic acids is 1. The molecule has 0 spiro atoms. The van der Waals surface area contributed by atoms with E-state index < -0.39 is 0 Å². The molecule has 32 heavy (non-hydrogen) atoms. The second-order valence-corrected chi connectivity index (χ2v) is 8.36. The number of carbonyl (C=O) groups is 1. The molecule has 4 aromatic rings. The molecule has 3 heterocycles. The number of ether oxygens (including phenoxy) is 1. The van der Waals surface area contributed by atoms with Crippen LogP contribution in [0, 0.1) is 0 Å². The van der Waals surface area contributed by atoms with Crippen LogP contribution in [0.4, 0.5) is 5.82 Å². The van der Waals surface area contributed by atoms with Crippen molar-refractivity contribution in [3.63, 3.8) is 0 Å². The number of anilines is 1. The van der Waals surface area contributed by atoms with E-state index in [-0.39, 0.29) is 12.5 Å². The highest BCUT2D eigenvalue weighted by Crippen LogP contribution is 2.37. The zero-order valence-electron chi connectivity index (χ0n) is 18.1. The van der Waals surface area contributed by atoms with Crippen molar-refractivity contribution in [2.45, 2.75) is 6.42 Å². The Morgan fingerprint density at radius 2 is 1.94 bits per heavy atom. The average Bonchev–Trinajstić information content (AvgIpc) is 3.26. The zero-order chi connectivity index (χ0) is 22.3. The molecule has 0 fully saturated rings. The standard InChI is InChI=1S/C24H25N5O2S/c1-29(16-21(30)26-13-8-14-31-2)23-18-15-20(17-9-4-3-5-10-17)32-24(18)28-22(27-23)19-11-6-7-12-25-19/h3-7,9-12,15H,8,13-14,16H2,1-2H3,(H,26,30). The molecule has 0 atom stereocenters. The Morgan fingerprint density at radius 1 is 1.12 bits per heavy atom. The molecular weight excluding hydrogens is 422 g/mol. The minimum absolute atomic E-state index is 0.0618. The van der Waals surface area contributed by atoms with Gasteiger partial charge in [-0.05, 0) is 30.2 Å². The second-order valence-electron chi connectivity index (χ2n) is 7.33. The van der Waals surface area contributed by atoms with Crippen LogP contribution in [0.1, 0.15) is 6.42 Å². The summed E-state index contributed by atoms with van der Waals surface area (Å²) in [7, 11) is 3.53. The molecule has 0 aliphatic heterocycles. The fourth-order valence-corrected chi connectivity index (χ4v) is 4.37. The van der Waals surface area contributed by atoms with E-state index >= 15 is 0 Å². The Kier molecular flexibility index (Phi) is 7.03. The van der Waals surface area contributed by atoms with Gasteiger partial charge in [0, 0.05) is 38.4 Å². The van der Waals surface area contributed by atoms with Gasteiger partial charge in [0.05, 0.1) is 11.9 Å². The normalized spacial score (nSPS) is 10.9. The molecule has 4 rings (SSSR count). The van der Waals surface area contributed by atoms with Crippen LogP contribution in [0.25, 0.3) is 32.2 Å². The molecule has 0 radical (unpaired) electrons. The number of benzene rings is 1. The van der Waals surface area contributed by atoms with Crippen molar-refractivity contribution in [3.8, 4) is 22.0 Å². The lowest BCUT2D eigenvalue weighted by atomic mass is 10.2. The van der Waals surface area contributed by atoms with Crippen molar-refractivity contribution in [1.82, 2.24) is 20.3 Å². The third-order valence-electron chi connectivity index (χ3n) is 4.91. The Morgan fingerprint density at radius 3 is 2.69 bits per heavy atom. The molecule has 0 aliphatic carbocycles. The van der Waals surface area contributed by atoms with E-state index in [1.807, 2.05) is 48.3 Å². The Labute approximate surface area is 191 Å². The molecule has 164 valence electrons. The summed E-state index contributed by atoms with van der Waals surface area (Å²) in [6.45, 7) is 1.39. The molecule has 1 N–H and O–H groups in total. The maximum Gasteiger partial charge on any atom is 0.239 e. The van der Waals surface area contributed by atoms with Crippen LogP contribution in [-0.2, 0) is 9.53 Å². The van der Waals surface area contributed by atoms with Gasteiger partial charge in [-0.2, -0.15) is 0 Å². The van der Waals surface area contributed by atoms with Crippen LogP contribution in [0.5, 0.6) is 0 Å². The van der Waals surface area contributed by atoms with Gasteiger partial charge in [-0.25, -0.2) is 9.97 Å². The molecule has 0 saturated heterocycles. The first-order valence-corrected chi connectivity index (χ1v) is 11.2. The molecular formula is C24H25N5O2S. The smallest absolute Gasteiger partial charge is 0.239 e. The van der Waals surface area contributed by atoms with Crippen LogP contribution in [0.3, 0.4) is 0 Å². The molecule has 8 heteroatoms. The van der Waals surface area contributed by atoms with E-state index in [9.17, 15) is 4.79 Å². The predicted molar refractivity (Wildman–Crippen MR) is 129 cm³/mol. The van der Waals surface area contributed by atoms with E-state index in [0.717, 1.165) is 27.1 Å². The number of rotatable bonds is 9. The lowest BCUT2D eigenvalue weighted by Crippen LogP contribution is -2.36. The van der Waals surface area contributed by atoms with Crippen molar-refractivity contribution in [3.05, 3.63) is 60.8 Å². The summed E-state index contributed by atoms with van der Waals surface area (Å²) in [5, 5.41) is 3.85. The van der Waals surface area contributed by atoms with Gasteiger partial charge in [-0.1, -0.05) is 36.4 Å². The Balaban J connectivity index is 1.68. The van der Waals surface area contributed by atoms with Crippen molar-refractivity contribution in [1.29, 1.82) is 0 Å². The number of aromatic nitrogens is 3. The molecule has 1 amide bonds. The molecule has 0 saturated carbocycles. The molecule has 3 aromatic heterocycles. The van der Waals surface area contributed by atoms with Crippen molar-refractivity contribution < 1.29 is 9.53 Å². The van der Waals surface area contributed by atoms with Crippen LogP contribution in [0.15, 0.2) is 60.8 Å². The van der Waals surface area contributed by atoms with Gasteiger partial charge >= 0.3 is 0 Å². The number of hydrogen-bond donors (Lipinski definition) is 1. The van der Waals surface area contributed by atoms with E-state index in [2.05, 4.69) is 28.5 Å². The number of amides is 1. The van der Waals surface area contributed by atoms with E-state index in [0.29, 0.717) is 30.5 Å². The third-order valence-corrected chi connectivity index (χ3v) is 5.99. The average molecular weight is 448 g/mol. The van der Waals surface area contributed by atoms with E-state index in [1.54, 1.807) is 24.6 Å². The van der Waals surface area contributed by atoms with E-state index in [1.165, 1.54) is 0 Å². The number of hydrogen-bond acceptors (Lipinski definition) is 7. The summed E-state index contributed by atoms with van der Waals surface area (Å²) in [6.07, 6.45) is 2.50. The maximum atomic E-state index is 12.5. The van der Waals surface area contributed by atoms with Crippen LogP contribution < -0.4 is 10.2 Å². The lowest BCUT2D eigenvalue weighted by Gasteiger charge is -2.19. The summed E-state index contributed by atoms with van der Waals surface area (Å²) in [5.41, 5.74) is 1.82. The second kappa shape index (κ2) is 10.3. The summed E-state index contributed by atoms with van der Waals surface area (Å²) >= 11 is 1.61. The Hall–Kier alpha value is -3.36. The van der Waals surface area contributed by atoms with Gasteiger partial charge in [0.1, 0.15) is 16.3 Å². The highest BCUT2D eigenvalue weighted by atomic mass is 32.1. The third kappa shape index (κ3) is 5.09. The fourth-order valence-electron chi connectivity index (χ4n) is 3.34. The number of nitrogens with zero attached hydrogens (tertiary/aromatic N) is 4. The van der Waals surface area contributed by atoms with Gasteiger partial charge in [-0.15, -0.1) is 11.3 Å². The lowest BCUT2D eigenvalue weighted by molar-refractivity contribution is -0.119. The molecule has 7 nitrogen and oxygen atoms in total. The first-order valence-electron chi connectivity index (χ1n) is 10.4. The topological polar surface area (TPSA) is 80.2 Å². The first kappa shape index (κ1) is 21.9. The van der Waals surface area contributed by atoms with Gasteiger partial charge < -0.3 is 15.0 Å². The van der Waals surface area contributed by atoms with Crippen LogP contribution in [-0.4, -0.2) is 54.7 Å². The SMILES string of the molecule is COCCCNC(=O)CN(C)c1nc(-c2ccccn2)nc2sc(-c3ccccc3)cc12. The largest absolute Gasteiger partial charge is 0.385 e. The minimum atomic E-state index is -0.0618. The summed E-state index contributed by atoms with van der Waals surface area (Å²) in [5.74, 6) is 1.19. The maximum absolute atomic E-state index is 12.5. The van der Waals surface area contributed by atoms with Crippen molar-refractivity contribution in [2.75, 3.05) is 38.8 Å². The minimum Gasteiger partial charge on any atom is -0.385 e. The zero-order valence-corrected chi connectivity index (χ0v) is 18.9. The quantitative estimate of drug-likeness (QED) is 0.391. The van der Waals surface area contributed by atoms with Crippen molar-refractivity contribution >= 4 is 33.3 Å². The summed E-state index contributed by atoms with van der Waals surface area (Å²) in [4.78, 5) is 30.3. The fraction of sp³-hybridized carbons (Fsp3) is 0.250. The Bertz CT molecular complexity index is 1180. The number of nitrogens with one attached hydrogen (secondary N) is 1. The van der Waals surface area contributed by atoms with Gasteiger partial charge in [0.25, 0.3) is 0 Å². The number of methoxy groups -OCH3 is 1. The summed E-state index contributed by atoms with van der Waals surface area (Å²) < 4.78 is 5.03. The van der Waals surface area contributed by atoms with Crippen molar-refractivity contribution in [2.24, 2.45) is 0 Å². The number of likely N-dealkylation sites (N-methyl/N-ethyl adjacent to an activating group) is 1. The van der Waals surface area contributed by atoms with Crippen LogP contribution in [0.2, 0.25) is 0 Å². The highest BCUT2D eigenvalue weighted by molar-refractivity contribution is 7.22. The monoisotopic (exact) mass is 447 g/mol. The molecule has 0 aliphatic rings. The summed E-state index contributed by atoms with van der Waals surface area (Å²) in [6, 6.07) is 18.0. The molecule has 0 bridgehead atoms.